The van der Waals surface area contributed by atoms with E-state index in [0.717, 1.165) is 44.8 Å². The zero-order valence-electron chi connectivity index (χ0n) is 14.5. The van der Waals surface area contributed by atoms with Gasteiger partial charge in [-0.3, -0.25) is 4.99 Å². The molecule has 0 bridgehead atoms. The third kappa shape index (κ3) is 3.79. The van der Waals surface area contributed by atoms with E-state index < -0.39 is 0 Å². The normalized spacial score (nSPS) is 38.4. The maximum absolute atomic E-state index is 9.95. The third-order valence-corrected chi connectivity index (χ3v) is 5.84. The van der Waals surface area contributed by atoms with Gasteiger partial charge in [-0.05, 0) is 26.2 Å². The first-order valence-electron chi connectivity index (χ1n) is 8.88. The largest absolute Gasteiger partial charge is 0.393 e. The summed E-state index contributed by atoms with van der Waals surface area (Å²) in [6.45, 7) is 9.11. The number of nitrogens with zero attached hydrogens (tertiary/aromatic N) is 1. The zero-order chi connectivity index (χ0) is 15.7. The minimum atomic E-state index is -0.167. The molecule has 2 aliphatic carbocycles. The lowest BCUT2D eigenvalue weighted by atomic mass is 9.57. The summed E-state index contributed by atoms with van der Waals surface area (Å²) in [7, 11) is 0. The molecule has 0 radical (unpaired) electrons. The van der Waals surface area contributed by atoms with Gasteiger partial charge in [-0.2, -0.15) is 0 Å². The van der Waals surface area contributed by atoms with E-state index in [-0.39, 0.29) is 35.5 Å². The number of halogens is 1. The average molecular weight is 437 g/mol. The van der Waals surface area contributed by atoms with Gasteiger partial charge >= 0.3 is 0 Å². The number of hydrogen-bond donors (Lipinski definition) is 3. The highest BCUT2D eigenvalue weighted by atomic mass is 127. The Morgan fingerprint density at radius 2 is 2.09 bits per heavy atom. The van der Waals surface area contributed by atoms with Crippen LogP contribution in [0.5, 0.6) is 0 Å². The molecule has 0 aromatic carbocycles. The third-order valence-electron chi connectivity index (χ3n) is 5.84. The molecule has 1 heterocycles. The number of rotatable bonds is 4. The molecule has 3 rings (SSSR count). The van der Waals surface area contributed by atoms with Crippen LogP contribution in [0.3, 0.4) is 0 Å². The van der Waals surface area contributed by atoms with E-state index in [1.165, 1.54) is 0 Å². The van der Waals surface area contributed by atoms with Crippen molar-refractivity contribution in [2.75, 3.05) is 19.7 Å². The molecule has 5 atom stereocenters. The molecule has 5 unspecified atom stereocenters. The Kier molecular flexibility index (Phi) is 6.58. The number of aliphatic hydroxyl groups is 1. The molecule has 0 amide bonds. The van der Waals surface area contributed by atoms with Crippen LogP contribution in [-0.4, -0.2) is 49.0 Å². The zero-order valence-corrected chi connectivity index (χ0v) is 16.9. The van der Waals surface area contributed by atoms with Gasteiger partial charge in [0.2, 0.25) is 0 Å². The first-order valence-corrected chi connectivity index (χ1v) is 8.88. The van der Waals surface area contributed by atoms with E-state index >= 15 is 0 Å². The molecular formula is C17H32IN3O2. The molecule has 0 aromatic rings. The number of nitrogens with one attached hydrogen (secondary N) is 2. The predicted molar refractivity (Wildman–Crippen MR) is 103 cm³/mol. The Morgan fingerprint density at radius 3 is 2.74 bits per heavy atom. The first kappa shape index (κ1) is 19.2. The Balaban J connectivity index is 0.00000192. The molecule has 3 fully saturated rings. The second kappa shape index (κ2) is 7.87. The van der Waals surface area contributed by atoms with Gasteiger partial charge in [0, 0.05) is 43.0 Å². The van der Waals surface area contributed by atoms with Crippen molar-refractivity contribution >= 4 is 29.9 Å². The van der Waals surface area contributed by atoms with Gasteiger partial charge in [0.25, 0.3) is 0 Å². The number of ether oxygens (including phenoxy) is 1. The van der Waals surface area contributed by atoms with Crippen LogP contribution in [-0.2, 0) is 4.74 Å². The summed E-state index contributed by atoms with van der Waals surface area (Å²) >= 11 is 0. The Labute approximate surface area is 157 Å². The van der Waals surface area contributed by atoms with E-state index in [1.807, 2.05) is 0 Å². The lowest BCUT2D eigenvalue weighted by Crippen LogP contribution is -2.68. The first-order chi connectivity index (χ1) is 10.5. The van der Waals surface area contributed by atoms with E-state index in [4.69, 9.17) is 9.73 Å². The van der Waals surface area contributed by atoms with E-state index in [2.05, 4.69) is 31.4 Å². The van der Waals surface area contributed by atoms with Gasteiger partial charge < -0.3 is 20.5 Å². The molecule has 0 spiro atoms. The van der Waals surface area contributed by atoms with Gasteiger partial charge in [0.05, 0.1) is 12.2 Å². The quantitative estimate of drug-likeness (QED) is 0.358. The van der Waals surface area contributed by atoms with E-state index in [0.29, 0.717) is 30.5 Å². The number of guanidine groups is 1. The van der Waals surface area contributed by atoms with Crippen LogP contribution in [0.15, 0.2) is 4.99 Å². The van der Waals surface area contributed by atoms with Crippen LogP contribution in [0, 0.1) is 17.3 Å². The summed E-state index contributed by atoms with van der Waals surface area (Å²) in [6.07, 6.45) is 4.52. The van der Waals surface area contributed by atoms with Crippen molar-refractivity contribution in [2.45, 2.75) is 64.7 Å². The number of aliphatic hydroxyl groups excluding tert-OH is 1. The summed E-state index contributed by atoms with van der Waals surface area (Å²) in [4.78, 5) is 4.74. The standard InChI is InChI=1S/C17H31N3O2.HI/c1-4-18-16(19-10-11-6-5-7-13(11)21)20-14-12-8-9-22-15(12)17(14,2)3;/h11-15,21H,4-10H2,1-3H3,(H2,18,19,20);1H. The lowest BCUT2D eigenvalue weighted by molar-refractivity contribution is -0.106. The monoisotopic (exact) mass is 437 g/mol. The highest BCUT2D eigenvalue weighted by Crippen LogP contribution is 2.52. The Morgan fingerprint density at radius 1 is 1.30 bits per heavy atom. The fourth-order valence-corrected chi connectivity index (χ4v) is 4.52. The van der Waals surface area contributed by atoms with Crippen molar-refractivity contribution in [1.82, 2.24) is 10.6 Å². The maximum atomic E-state index is 9.95. The second-order valence-corrected chi connectivity index (χ2v) is 7.67. The summed E-state index contributed by atoms with van der Waals surface area (Å²) < 4.78 is 5.86. The van der Waals surface area contributed by atoms with Gasteiger partial charge in [-0.25, -0.2) is 0 Å². The molecule has 5 nitrogen and oxygen atoms in total. The van der Waals surface area contributed by atoms with Crippen molar-refractivity contribution in [3.05, 3.63) is 0 Å². The minimum absolute atomic E-state index is 0. The van der Waals surface area contributed by atoms with Crippen LogP contribution >= 0.6 is 24.0 Å². The van der Waals surface area contributed by atoms with Gasteiger partial charge in [-0.15, -0.1) is 24.0 Å². The molecular weight excluding hydrogens is 405 g/mol. The van der Waals surface area contributed by atoms with Crippen molar-refractivity contribution in [3.63, 3.8) is 0 Å². The highest BCUT2D eigenvalue weighted by Gasteiger charge is 2.59. The summed E-state index contributed by atoms with van der Waals surface area (Å²) in [5, 5.41) is 16.9. The number of hydrogen-bond acceptors (Lipinski definition) is 3. The summed E-state index contributed by atoms with van der Waals surface area (Å²) in [6, 6.07) is 0.423. The van der Waals surface area contributed by atoms with Gasteiger partial charge in [-0.1, -0.05) is 20.3 Å². The molecule has 23 heavy (non-hydrogen) atoms. The summed E-state index contributed by atoms with van der Waals surface area (Å²) in [5.74, 6) is 1.83. The van der Waals surface area contributed by atoms with Gasteiger partial charge in [0.1, 0.15) is 0 Å². The SMILES string of the molecule is CCNC(=NCC1CCCC1O)NC1C2CCOC2C1(C)C.I. The fraction of sp³-hybridized carbons (Fsp3) is 0.941. The van der Waals surface area contributed by atoms with Crippen molar-refractivity contribution in [2.24, 2.45) is 22.2 Å². The van der Waals surface area contributed by atoms with Crippen molar-refractivity contribution in [3.8, 4) is 0 Å². The topological polar surface area (TPSA) is 65.9 Å². The Bertz CT molecular complexity index is 430. The smallest absolute Gasteiger partial charge is 0.191 e. The van der Waals surface area contributed by atoms with Crippen molar-refractivity contribution < 1.29 is 9.84 Å². The second-order valence-electron chi connectivity index (χ2n) is 7.67. The van der Waals surface area contributed by atoms with Crippen LogP contribution in [0.4, 0.5) is 0 Å². The van der Waals surface area contributed by atoms with Crippen molar-refractivity contribution in [1.29, 1.82) is 0 Å². The maximum Gasteiger partial charge on any atom is 0.191 e. The number of fused-ring (bicyclic) bond motifs is 1. The molecule has 6 heteroatoms. The Hall–Kier alpha value is -0.0800. The molecule has 1 aliphatic heterocycles. The molecule has 3 aliphatic rings. The molecule has 134 valence electrons. The molecule has 0 aromatic heterocycles. The fourth-order valence-electron chi connectivity index (χ4n) is 4.52. The molecule has 2 saturated carbocycles. The lowest BCUT2D eigenvalue weighted by Gasteiger charge is -2.54. The summed E-state index contributed by atoms with van der Waals surface area (Å²) in [5.41, 5.74) is 0.157. The van der Waals surface area contributed by atoms with Crippen LogP contribution in [0.25, 0.3) is 0 Å². The number of aliphatic imine (C=N–C) groups is 1. The van der Waals surface area contributed by atoms with Crippen LogP contribution in [0.2, 0.25) is 0 Å². The molecule has 3 N–H and O–H groups in total. The van der Waals surface area contributed by atoms with E-state index in [1.54, 1.807) is 0 Å². The van der Waals surface area contributed by atoms with Crippen LogP contribution < -0.4 is 10.6 Å². The van der Waals surface area contributed by atoms with Gasteiger partial charge in [0.15, 0.2) is 5.96 Å². The highest BCUT2D eigenvalue weighted by molar-refractivity contribution is 14.0. The minimum Gasteiger partial charge on any atom is -0.393 e. The van der Waals surface area contributed by atoms with Crippen LogP contribution in [0.1, 0.15) is 46.5 Å². The average Bonchev–Trinajstić information content (AvgIpc) is 3.09. The molecule has 1 saturated heterocycles. The predicted octanol–water partition coefficient (Wildman–Crippen LogP) is 2.13. The van der Waals surface area contributed by atoms with E-state index in [9.17, 15) is 5.11 Å².